The van der Waals surface area contributed by atoms with Crippen molar-refractivity contribution in [3.05, 3.63) is 107 Å². The number of carboxylic acid groups (broad SMARTS) is 1. The molecule has 4 bridgehead atoms. The molecular formula is C59H71ClN6O16. The first-order valence-corrected chi connectivity index (χ1v) is 26.7. The summed E-state index contributed by atoms with van der Waals surface area (Å²) < 4.78 is 27.9. The van der Waals surface area contributed by atoms with Gasteiger partial charge in [0.05, 0.1) is 6.04 Å². The van der Waals surface area contributed by atoms with Gasteiger partial charge in [0.2, 0.25) is 23.6 Å². The molecule has 5 rings (SSSR count). The van der Waals surface area contributed by atoms with E-state index < -0.39 is 107 Å². The number of alkyl carbamates (subject to hydrolysis) is 1. The van der Waals surface area contributed by atoms with Gasteiger partial charge in [-0.3, -0.25) is 28.8 Å². The summed E-state index contributed by atoms with van der Waals surface area (Å²) >= 11 is 6.10. The van der Waals surface area contributed by atoms with Crippen molar-refractivity contribution in [1.82, 2.24) is 31.5 Å². The third-order valence-corrected chi connectivity index (χ3v) is 12.4. The maximum Gasteiger partial charge on any atom is 0.514 e. The van der Waals surface area contributed by atoms with Gasteiger partial charge in [-0.15, -0.1) is 0 Å². The van der Waals surface area contributed by atoms with Crippen LogP contribution in [0.1, 0.15) is 123 Å². The molecule has 1 aliphatic heterocycles. The van der Waals surface area contributed by atoms with Gasteiger partial charge in [-0.2, -0.15) is 0 Å². The Morgan fingerprint density at radius 2 is 1.23 bits per heavy atom. The smallest absolute Gasteiger partial charge is 0.475 e. The Morgan fingerprint density at radius 1 is 0.695 bits per heavy atom. The molecule has 22 nitrogen and oxygen atoms in total. The van der Waals surface area contributed by atoms with E-state index in [1.807, 2.05) is 12.1 Å². The van der Waals surface area contributed by atoms with Crippen molar-refractivity contribution in [3.63, 3.8) is 0 Å². The van der Waals surface area contributed by atoms with Gasteiger partial charge in [-0.05, 0) is 166 Å². The summed E-state index contributed by atoms with van der Waals surface area (Å²) in [6.45, 7) is 17.4. The summed E-state index contributed by atoms with van der Waals surface area (Å²) in [6, 6.07) is 14.4. The van der Waals surface area contributed by atoms with Gasteiger partial charge in [0.25, 0.3) is 11.7 Å². The molecular weight excluding hydrogens is 1080 g/mol. The predicted molar refractivity (Wildman–Crippen MR) is 301 cm³/mol. The molecule has 0 fully saturated rings. The van der Waals surface area contributed by atoms with Crippen LogP contribution in [0.4, 0.5) is 14.4 Å². The second-order valence-electron chi connectivity index (χ2n) is 22.5. The number of Topliss-reactive ketones (excluding diaryl/α,β-unsaturated/α-hetero) is 1. The fraction of sp³-hybridized carbons (Fsp3) is 0.424. The van der Waals surface area contributed by atoms with Gasteiger partial charge in [0.1, 0.15) is 52.5 Å². The van der Waals surface area contributed by atoms with Gasteiger partial charge in [0.15, 0.2) is 0 Å². The van der Waals surface area contributed by atoms with Crippen LogP contribution < -0.4 is 36.1 Å². The fourth-order valence-corrected chi connectivity index (χ4v) is 8.39. The van der Waals surface area contributed by atoms with Gasteiger partial charge in [-0.1, -0.05) is 48.0 Å². The molecule has 6 N–H and O–H groups in total. The van der Waals surface area contributed by atoms with E-state index in [0.29, 0.717) is 11.4 Å². The van der Waals surface area contributed by atoms with Crippen LogP contribution in [0, 0.1) is 0 Å². The van der Waals surface area contributed by atoms with Crippen LogP contribution in [-0.4, -0.2) is 124 Å². The fourth-order valence-electron chi connectivity index (χ4n) is 8.26. The Morgan fingerprint density at radius 3 is 1.78 bits per heavy atom. The number of amides is 6. The second kappa shape index (κ2) is 27.3. The molecule has 4 aromatic rings. The van der Waals surface area contributed by atoms with E-state index in [2.05, 4.69) is 26.6 Å². The molecule has 23 heteroatoms. The van der Waals surface area contributed by atoms with Crippen LogP contribution in [0.2, 0.25) is 5.02 Å². The topological polar surface area (TPSA) is 300 Å². The van der Waals surface area contributed by atoms with Crippen LogP contribution in [0.3, 0.4) is 0 Å². The third kappa shape index (κ3) is 19.1. The summed E-state index contributed by atoms with van der Waals surface area (Å²) in [4.78, 5) is 137. The number of ketones is 1. The number of nitrogens with one attached hydrogen (secondary N) is 5. The average Bonchev–Trinajstić information content (AvgIpc) is 3.56. The van der Waals surface area contributed by atoms with Crippen molar-refractivity contribution in [3.8, 4) is 33.8 Å². The average molecular weight is 1160 g/mol. The lowest BCUT2D eigenvalue weighted by atomic mass is 9.93. The second-order valence-corrected chi connectivity index (χ2v) is 22.9. The zero-order valence-electron chi connectivity index (χ0n) is 47.9. The van der Waals surface area contributed by atoms with Crippen molar-refractivity contribution in [2.24, 2.45) is 0 Å². The number of fused-ring (bicyclic) bond motifs is 5. The van der Waals surface area contributed by atoms with Gasteiger partial charge >= 0.3 is 24.4 Å². The maximum atomic E-state index is 15.2. The first-order valence-electron chi connectivity index (χ1n) is 26.4. The number of likely N-dealkylation sites (N-methyl/N-ethyl adjacent to an activating group) is 1. The molecule has 4 aromatic carbocycles. The van der Waals surface area contributed by atoms with E-state index in [-0.39, 0.29) is 65.1 Å². The van der Waals surface area contributed by atoms with E-state index in [4.69, 9.17) is 35.3 Å². The minimum absolute atomic E-state index is 0.0190. The zero-order valence-corrected chi connectivity index (χ0v) is 48.7. The van der Waals surface area contributed by atoms with E-state index in [0.717, 1.165) is 23.0 Å². The Balaban J connectivity index is 1.67. The lowest BCUT2D eigenvalue weighted by molar-refractivity contribution is -0.150. The highest BCUT2D eigenvalue weighted by molar-refractivity contribution is 6.35. The molecule has 5 atom stereocenters. The molecule has 0 saturated heterocycles. The highest BCUT2D eigenvalue weighted by Crippen LogP contribution is 2.41. The summed E-state index contributed by atoms with van der Waals surface area (Å²) in [7, 11) is 1.30. The predicted octanol–water partition coefficient (Wildman–Crippen LogP) is 8.00. The summed E-state index contributed by atoms with van der Waals surface area (Å²) in [5, 5.41) is 22.9. The monoisotopic (exact) mass is 1150 g/mol. The Bertz CT molecular complexity index is 3050. The van der Waals surface area contributed by atoms with Crippen LogP contribution in [0.25, 0.3) is 22.3 Å². The van der Waals surface area contributed by atoms with Crippen molar-refractivity contribution >= 4 is 71.3 Å². The van der Waals surface area contributed by atoms with Crippen LogP contribution in [0.15, 0.2) is 84.9 Å². The lowest BCUT2D eigenvalue weighted by Gasteiger charge is -2.33. The van der Waals surface area contributed by atoms with E-state index >= 15 is 9.59 Å². The molecule has 0 aliphatic carbocycles. The number of carbonyl (C=O) groups excluding carboxylic acids is 9. The number of aliphatic carboxylic acids is 1. The number of hydrogen-bond acceptors (Lipinski definition) is 15. The Labute approximate surface area is 480 Å². The number of hydrogen-bond donors (Lipinski definition) is 6. The lowest BCUT2D eigenvalue weighted by Crippen LogP contribution is -2.57. The summed E-state index contributed by atoms with van der Waals surface area (Å²) in [5.74, 6) is -7.92. The van der Waals surface area contributed by atoms with Gasteiger partial charge in [-0.25, -0.2) is 19.2 Å². The van der Waals surface area contributed by atoms with Crippen molar-refractivity contribution in [2.45, 2.75) is 149 Å². The molecule has 5 unspecified atom stereocenters. The largest absolute Gasteiger partial charge is 0.514 e. The molecule has 1 heterocycles. The maximum absolute atomic E-state index is 15.2. The minimum Gasteiger partial charge on any atom is -0.475 e. The molecule has 82 heavy (non-hydrogen) atoms. The van der Waals surface area contributed by atoms with Crippen molar-refractivity contribution in [1.29, 1.82) is 0 Å². The number of carboxylic acids is 1. The first kappa shape index (κ1) is 64.3. The number of ether oxygens (including phenoxy) is 5. The van der Waals surface area contributed by atoms with Crippen molar-refractivity contribution < 1.29 is 76.7 Å². The SMILES string of the molecule is CC1NC(=O)C(N(C)C(=O)C(CCCCNC(=O)OC(C)(C)C)NC(=O)c2ccc(-c3ccc(Cl)cc3)cc2)c2ccc(OC(=O)OC(C)(C)C)c(c2)-c2cc(ccc2OC(=O)OC(C)(C)C)CC(C(=O)NC(C)C(=O)C(=O)O)NC1=O. The quantitative estimate of drug-likeness (QED) is 0.0204. The molecule has 0 spiro atoms. The van der Waals surface area contributed by atoms with Crippen LogP contribution in [-0.2, 0) is 49.4 Å². The molecule has 1 aliphatic rings. The molecule has 0 aromatic heterocycles. The van der Waals surface area contributed by atoms with Gasteiger partial charge in [0, 0.05) is 41.7 Å². The highest BCUT2D eigenvalue weighted by Gasteiger charge is 2.37. The standard InChI is InChI=1S/C59H71ClN6O16/c1-32(47(67)53(73)74)62-50(70)43-30-34-16-26-44(78-55(76)81-58(6,7)8)40(29-34)41-31-38(23-27-45(41)79-56(77)82-59(9,10)11)46(51(71)63-33(2)48(68)65-43)66(12)52(72)42(15-13-14-28-61-54(75)80-57(3,4)5)64-49(69)37-19-17-35(18-20-37)36-21-24-39(60)25-22-36/h16-27,29,31-33,42-43,46H,13-15,28,30H2,1-12H3,(H,61,75)(H,62,70)(H,63,71)(H,64,69)(H,65,68)(H,73,74). The van der Waals surface area contributed by atoms with Crippen LogP contribution >= 0.6 is 11.6 Å². The third-order valence-electron chi connectivity index (χ3n) is 12.1. The summed E-state index contributed by atoms with van der Waals surface area (Å²) in [6.07, 6.45) is -2.79. The molecule has 6 amide bonds. The normalized spacial score (nSPS) is 16.2. The number of carbonyl (C=O) groups is 10. The number of benzene rings is 4. The number of halogens is 1. The Hall–Kier alpha value is -8.53. The number of unbranched alkanes of at least 4 members (excludes halogenated alkanes) is 1. The van der Waals surface area contributed by atoms with E-state index in [9.17, 15) is 43.5 Å². The first-order chi connectivity index (χ1) is 38.2. The minimum atomic E-state index is -1.82. The summed E-state index contributed by atoms with van der Waals surface area (Å²) in [5.41, 5.74) is -0.820. The highest BCUT2D eigenvalue weighted by atomic mass is 35.5. The van der Waals surface area contributed by atoms with Crippen molar-refractivity contribution in [2.75, 3.05) is 13.6 Å². The molecule has 0 saturated carbocycles. The van der Waals surface area contributed by atoms with E-state index in [1.54, 1.807) is 98.7 Å². The van der Waals surface area contributed by atoms with E-state index in [1.165, 1.54) is 50.4 Å². The van der Waals surface area contributed by atoms with Crippen LogP contribution in [0.5, 0.6) is 11.5 Å². The number of nitrogens with zero attached hydrogens (tertiary/aromatic N) is 1. The van der Waals surface area contributed by atoms with Gasteiger partial charge < -0.3 is 60.3 Å². The molecule has 440 valence electrons. The Kier molecular flexibility index (Phi) is 21.4. The molecule has 0 radical (unpaired) electrons. The number of rotatable bonds is 16. The zero-order chi connectivity index (χ0) is 61.0.